The molecule has 0 aromatic heterocycles. The summed E-state index contributed by atoms with van der Waals surface area (Å²) in [5, 5.41) is 17.6. The van der Waals surface area contributed by atoms with Gasteiger partial charge in [0.15, 0.2) is 0 Å². The second kappa shape index (κ2) is 2.91. The number of aliphatic hydroxyl groups excluding tert-OH is 1. The van der Waals surface area contributed by atoms with Crippen molar-refractivity contribution in [3.63, 3.8) is 0 Å². The molecule has 1 rings (SSSR count). The van der Waals surface area contributed by atoms with Gasteiger partial charge in [0.2, 0.25) is 0 Å². The Hall–Kier alpha value is -0.810. The van der Waals surface area contributed by atoms with Gasteiger partial charge >= 0.3 is 6.09 Å². The molecule has 0 saturated carbocycles. The molecule has 1 fully saturated rings. The van der Waals surface area contributed by atoms with E-state index in [2.05, 4.69) is 0 Å². The van der Waals surface area contributed by atoms with Crippen molar-refractivity contribution < 1.29 is 19.7 Å². The molecule has 0 aliphatic carbocycles. The number of nitrogens with zero attached hydrogens (tertiary/aromatic N) is 1. The zero-order valence-electron chi connectivity index (χ0n) is 7.15. The van der Waals surface area contributed by atoms with E-state index < -0.39 is 17.9 Å². The smallest absolute Gasteiger partial charge is 0.409 e. The molecular formula is C7H13NO4. The number of rotatable bonds is 1. The number of hydrogen-bond donors (Lipinski definition) is 2. The van der Waals surface area contributed by atoms with Crippen molar-refractivity contribution in [3.05, 3.63) is 0 Å². The first-order chi connectivity index (χ1) is 5.49. The van der Waals surface area contributed by atoms with Crippen molar-refractivity contribution in [2.24, 2.45) is 0 Å². The van der Waals surface area contributed by atoms with E-state index in [0.717, 1.165) is 4.90 Å². The van der Waals surface area contributed by atoms with Crippen LogP contribution in [0, 0.1) is 0 Å². The molecule has 12 heavy (non-hydrogen) atoms. The Labute approximate surface area is 70.5 Å². The summed E-state index contributed by atoms with van der Waals surface area (Å²) in [6.07, 6.45) is -1.06. The third-order valence-corrected chi connectivity index (χ3v) is 1.99. The number of amides is 1. The second-order valence-electron chi connectivity index (χ2n) is 3.25. The minimum absolute atomic E-state index is 0.199. The van der Waals surface area contributed by atoms with E-state index in [1.165, 1.54) is 0 Å². The third kappa shape index (κ3) is 1.37. The maximum absolute atomic E-state index is 10.7. The van der Waals surface area contributed by atoms with Gasteiger partial charge in [0.25, 0.3) is 0 Å². The van der Waals surface area contributed by atoms with Crippen LogP contribution in [0.15, 0.2) is 0 Å². The average Bonchev–Trinajstić information content (AvgIpc) is 2.24. The molecule has 70 valence electrons. The van der Waals surface area contributed by atoms with Crippen molar-refractivity contribution >= 4 is 6.09 Å². The molecule has 1 saturated heterocycles. The molecule has 0 radical (unpaired) electrons. The molecular weight excluding hydrogens is 162 g/mol. The lowest BCUT2D eigenvalue weighted by Crippen LogP contribution is -2.48. The van der Waals surface area contributed by atoms with E-state index in [-0.39, 0.29) is 13.2 Å². The molecule has 0 unspecified atom stereocenters. The topological polar surface area (TPSA) is 70.0 Å². The van der Waals surface area contributed by atoms with Crippen molar-refractivity contribution in [3.8, 4) is 0 Å². The van der Waals surface area contributed by atoms with E-state index in [0.29, 0.717) is 0 Å². The normalized spacial score (nSPS) is 27.6. The van der Waals surface area contributed by atoms with Crippen LogP contribution in [-0.4, -0.2) is 46.2 Å². The maximum atomic E-state index is 10.7. The van der Waals surface area contributed by atoms with Gasteiger partial charge in [-0.15, -0.1) is 0 Å². The largest absolute Gasteiger partial charge is 0.465 e. The van der Waals surface area contributed by atoms with E-state index >= 15 is 0 Å². The standard InChI is InChI=1S/C7H13NO4/c1-7(2)8(6(10)11)5(3-9)4-12-7/h5,9H,3-4H2,1-2H3,(H,10,11)/t5-/m0/s1. The van der Waals surface area contributed by atoms with Gasteiger partial charge in [0.05, 0.1) is 19.3 Å². The zero-order chi connectivity index (χ0) is 9.35. The number of carbonyl (C=O) groups is 1. The molecule has 0 spiro atoms. The number of hydrogen-bond acceptors (Lipinski definition) is 3. The molecule has 1 heterocycles. The Bertz CT molecular complexity index is 192. The Kier molecular flexibility index (Phi) is 2.25. The van der Waals surface area contributed by atoms with E-state index in [1.54, 1.807) is 13.8 Å². The molecule has 1 atom stereocenters. The van der Waals surface area contributed by atoms with Gasteiger partial charge in [-0.25, -0.2) is 4.79 Å². The highest BCUT2D eigenvalue weighted by molar-refractivity contribution is 5.66. The third-order valence-electron chi connectivity index (χ3n) is 1.99. The Morgan fingerprint density at radius 1 is 1.75 bits per heavy atom. The Balaban J connectivity index is 2.80. The molecule has 1 aliphatic heterocycles. The van der Waals surface area contributed by atoms with Gasteiger partial charge in [-0.2, -0.15) is 0 Å². The van der Waals surface area contributed by atoms with Crippen LogP contribution in [0.3, 0.4) is 0 Å². The van der Waals surface area contributed by atoms with Crippen LogP contribution < -0.4 is 0 Å². The van der Waals surface area contributed by atoms with Crippen molar-refractivity contribution in [1.82, 2.24) is 4.90 Å². The fourth-order valence-corrected chi connectivity index (χ4v) is 1.40. The summed E-state index contributed by atoms with van der Waals surface area (Å²) in [7, 11) is 0. The fraction of sp³-hybridized carbons (Fsp3) is 0.857. The molecule has 5 heteroatoms. The van der Waals surface area contributed by atoms with Crippen LogP contribution >= 0.6 is 0 Å². The maximum Gasteiger partial charge on any atom is 0.409 e. The molecule has 2 N–H and O–H groups in total. The molecule has 1 amide bonds. The SMILES string of the molecule is CC1(C)OC[C@H](CO)N1C(=O)O. The predicted octanol–water partition coefficient (Wildman–Crippen LogP) is 0.0936. The van der Waals surface area contributed by atoms with Gasteiger partial charge in [-0.3, -0.25) is 4.90 Å². The molecule has 0 aromatic carbocycles. The quantitative estimate of drug-likeness (QED) is 0.592. The highest BCUT2D eigenvalue weighted by Gasteiger charge is 2.43. The highest BCUT2D eigenvalue weighted by Crippen LogP contribution is 2.26. The average molecular weight is 175 g/mol. The zero-order valence-corrected chi connectivity index (χ0v) is 7.15. The molecule has 5 nitrogen and oxygen atoms in total. The lowest BCUT2D eigenvalue weighted by atomic mass is 10.2. The van der Waals surface area contributed by atoms with Gasteiger partial charge in [0, 0.05) is 0 Å². The van der Waals surface area contributed by atoms with Gasteiger partial charge in [0.1, 0.15) is 5.72 Å². The first-order valence-corrected chi connectivity index (χ1v) is 3.76. The summed E-state index contributed by atoms with van der Waals surface area (Å²) in [6.45, 7) is 3.39. The molecule has 0 bridgehead atoms. The van der Waals surface area contributed by atoms with Crippen LogP contribution in [0.25, 0.3) is 0 Å². The number of carboxylic acid groups (broad SMARTS) is 1. The summed E-state index contributed by atoms with van der Waals surface area (Å²) in [5.74, 6) is 0. The minimum Gasteiger partial charge on any atom is -0.465 e. The van der Waals surface area contributed by atoms with Crippen molar-refractivity contribution in [2.45, 2.75) is 25.6 Å². The second-order valence-corrected chi connectivity index (χ2v) is 3.25. The fourth-order valence-electron chi connectivity index (χ4n) is 1.40. The van der Waals surface area contributed by atoms with E-state index in [9.17, 15) is 4.79 Å². The van der Waals surface area contributed by atoms with Gasteiger partial charge < -0.3 is 14.9 Å². The van der Waals surface area contributed by atoms with Crippen LogP contribution in [0.1, 0.15) is 13.8 Å². The van der Waals surface area contributed by atoms with Crippen LogP contribution in [0.5, 0.6) is 0 Å². The monoisotopic (exact) mass is 175 g/mol. The molecule has 0 aromatic rings. The van der Waals surface area contributed by atoms with Crippen molar-refractivity contribution in [2.75, 3.05) is 13.2 Å². The summed E-state index contributed by atoms with van der Waals surface area (Å²) < 4.78 is 5.20. The number of aliphatic hydroxyl groups is 1. The van der Waals surface area contributed by atoms with Gasteiger partial charge in [-0.05, 0) is 13.8 Å². The predicted molar refractivity (Wildman–Crippen MR) is 40.8 cm³/mol. The first-order valence-electron chi connectivity index (χ1n) is 3.76. The minimum atomic E-state index is -1.06. The van der Waals surface area contributed by atoms with E-state index in [4.69, 9.17) is 14.9 Å². The van der Waals surface area contributed by atoms with Crippen molar-refractivity contribution in [1.29, 1.82) is 0 Å². The lowest BCUT2D eigenvalue weighted by molar-refractivity contribution is -0.0433. The summed E-state index contributed by atoms with van der Waals surface area (Å²) in [5.41, 5.74) is -0.820. The van der Waals surface area contributed by atoms with Gasteiger partial charge in [-0.1, -0.05) is 0 Å². The Morgan fingerprint density at radius 2 is 2.33 bits per heavy atom. The summed E-state index contributed by atoms with van der Waals surface area (Å²) in [4.78, 5) is 11.9. The summed E-state index contributed by atoms with van der Waals surface area (Å²) in [6, 6.07) is -0.433. The van der Waals surface area contributed by atoms with Crippen LogP contribution in [0.2, 0.25) is 0 Å². The Morgan fingerprint density at radius 3 is 2.67 bits per heavy atom. The van der Waals surface area contributed by atoms with Crippen LogP contribution in [0.4, 0.5) is 4.79 Å². The van der Waals surface area contributed by atoms with E-state index in [1.807, 2.05) is 0 Å². The highest BCUT2D eigenvalue weighted by atomic mass is 16.5. The molecule has 1 aliphatic rings. The lowest BCUT2D eigenvalue weighted by Gasteiger charge is -2.30. The summed E-state index contributed by atoms with van der Waals surface area (Å²) >= 11 is 0. The number of ether oxygens (including phenoxy) is 1. The first kappa shape index (κ1) is 9.28. The van der Waals surface area contributed by atoms with Crippen LogP contribution in [-0.2, 0) is 4.74 Å².